The second-order valence-corrected chi connectivity index (χ2v) is 6.75. The zero-order valence-corrected chi connectivity index (χ0v) is 12.6. The highest BCUT2D eigenvalue weighted by molar-refractivity contribution is 4.86. The van der Waals surface area contributed by atoms with Crippen molar-refractivity contribution in [1.82, 2.24) is 10.2 Å². The van der Waals surface area contributed by atoms with Crippen molar-refractivity contribution in [2.45, 2.75) is 58.9 Å². The van der Waals surface area contributed by atoms with Crippen LogP contribution in [0.2, 0.25) is 0 Å². The topological polar surface area (TPSA) is 15.3 Å². The van der Waals surface area contributed by atoms with Gasteiger partial charge in [-0.15, -0.1) is 0 Å². The van der Waals surface area contributed by atoms with Crippen LogP contribution in [0, 0.1) is 17.8 Å². The Bertz CT molecular complexity index is 233. The Morgan fingerprint density at radius 2 is 1.78 bits per heavy atom. The van der Waals surface area contributed by atoms with Gasteiger partial charge in [0.1, 0.15) is 0 Å². The number of nitrogens with one attached hydrogen (secondary N) is 1. The van der Waals surface area contributed by atoms with Gasteiger partial charge >= 0.3 is 0 Å². The summed E-state index contributed by atoms with van der Waals surface area (Å²) in [7, 11) is 0. The van der Waals surface area contributed by atoms with Crippen molar-refractivity contribution in [2.24, 2.45) is 17.8 Å². The Balaban J connectivity index is 1.77. The van der Waals surface area contributed by atoms with Crippen molar-refractivity contribution >= 4 is 0 Å². The normalized spacial score (nSPS) is 35.8. The molecule has 0 aromatic heterocycles. The van der Waals surface area contributed by atoms with Crippen molar-refractivity contribution in [1.29, 1.82) is 0 Å². The van der Waals surface area contributed by atoms with Crippen molar-refractivity contribution in [2.75, 3.05) is 26.2 Å². The lowest BCUT2D eigenvalue weighted by Gasteiger charge is -2.44. The lowest BCUT2D eigenvalue weighted by molar-refractivity contribution is 0.0592. The van der Waals surface area contributed by atoms with Crippen LogP contribution in [0.4, 0.5) is 0 Å². The summed E-state index contributed by atoms with van der Waals surface area (Å²) in [6.45, 7) is 12.2. The summed E-state index contributed by atoms with van der Waals surface area (Å²) in [4.78, 5) is 2.81. The summed E-state index contributed by atoms with van der Waals surface area (Å²) >= 11 is 0. The highest BCUT2D eigenvalue weighted by Crippen LogP contribution is 2.33. The zero-order valence-electron chi connectivity index (χ0n) is 12.6. The van der Waals surface area contributed by atoms with E-state index in [1.165, 1.54) is 51.7 Å². The molecule has 2 nitrogen and oxygen atoms in total. The van der Waals surface area contributed by atoms with Gasteiger partial charge in [0.05, 0.1) is 0 Å². The van der Waals surface area contributed by atoms with E-state index in [2.05, 4.69) is 31.0 Å². The van der Waals surface area contributed by atoms with Crippen LogP contribution in [-0.2, 0) is 0 Å². The summed E-state index contributed by atoms with van der Waals surface area (Å²) < 4.78 is 0. The Morgan fingerprint density at radius 3 is 2.44 bits per heavy atom. The van der Waals surface area contributed by atoms with Gasteiger partial charge in [0.25, 0.3) is 0 Å². The van der Waals surface area contributed by atoms with E-state index in [0.717, 1.165) is 30.3 Å². The Morgan fingerprint density at radius 1 is 1.06 bits per heavy atom. The molecule has 0 aromatic rings. The van der Waals surface area contributed by atoms with Crippen LogP contribution in [0.3, 0.4) is 0 Å². The first-order valence-corrected chi connectivity index (χ1v) is 8.15. The van der Waals surface area contributed by atoms with Gasteiger partial charge in [-0.05, 0) is 69.6 Å². The summed E-state index contributed by atoms with van der Waals surface area (Å²) in [5.74, 6) is 2.80. The van der Waals surface area contributed by atoms with Crippen molar-refractivity contribution < 1.29 is 0 Å². The maximum atomic E-state index is 3.51. The summed E-state index contributed by atoms with van der Waals surface area (Å²) in [6.07, 6.45) is 7.16. The third-order valence-electron chi connectivity index (χ3n) is 5.22. The summed E-state index contributed by atoms with van der Waals surface area (Å²) in [6, 6.07) is 0.883. The third kappa shape index (κ3) is 3.71. The van der Waals surface area contributed by atoms with Crippen LogP contribution in [0.25, 0.3) is 0 Å². The molecule has 1 aliphatic carbocycles. The number of piperidine rings is 1. The minimum atomic E-state index is 0.883. The maximum absolute atomic E-state index is 3.51. The van der Waals surface area contributed by atoms with Crippen LogP contribution < -0.4 is 5.32 Å². The molecule has 1 aliphatic heterocycles. The maximum Gasteiger partial charge on any atom is 0.0123 e. The SMILES string of the molecule is CCNCC1CCN(C2CC(C)CCC2C)CC1. The fourth-order valence-electron chi connectivity index (χ4n) is 3.85. The van der Waals surface area contributed by atoms with Crippen LogP contribution in [-0.4, -0.2) is 37.1 Å². The van der Waals surface area contributed by atoms with Gasteiger partial charge in [-0.1, -0.05) is 27.2 Å². The van der Waals surface area contributed by atoms with Gasteiger partial charge in [0.2, 0.25) is 0 Å². The monoisotopic (exact) mass is 252 g/mol. The lowest BCUT2D eigenvalue weighted by atomic mass is 9.78. The highest BCUT2D eigenvalue weighted by atomic mass is 15.2. The molecule has 2 rings (SSSR count). The first-order valence-electron chi connectivity index (χ1n) is 8.15. The molecule has 0 spiro atoms. The van der Waals surface area contributed by atoms with Crippen LogP contribution in [0.1, 0.15) is 52.9 Å². The molecule has 106 valence electrons. The summed E-state index contributed by atoms with van der Waals surface area (Å²) in [5.41, 5.74) is 0. The molecule has 2 aliphatic rings. The molecular weight excluding hydrogens is 220 g/mol. The number of rotatable bonds is 4. The van der Waals surface area contributed by atoms with Gasteiger partial charge < -0.3 is 10.2 Å². The van der Waals surface area contributed by atoms with Gasteiger partial charge in [0.15, 0.2) is 0 Å². The van der Waals surface area contributed by atoms with E-state index in [4.69, 9.17) is 0 Å². The molecule has 1 saturated heterocycles. The van der Waals surface area contributed by atoms with E-state index in [0.29, 0.717) is 0 Å². The van der Waals surface area contributed by atoms with Crippen molar-refractivity contribution in [3.63, 3.8) is 0 Å². The van der Waals surface area contributed by atoms with Gasteiger partial charge in [0, 0.05) is 6.04 Å². The predicted molar refractivity (Wildman–Crippen MR) is 78.8 cm³/mol. The van der Waals surface area contributed by atoms with E-state index in [9.17, 15) is 0 Å². The standard InChI is InChI=1S/C16H32N2/c1-4-17-12-15-7-9-18(10-8-15)16-11-13(2)5-6-14(16)3/h13-17H,4-12H2,1-3H3. The molecule has 1 N–H and O–H groups in total. The van der Waals surface area contributed by atoms with Crippen LogP contribution in [0.15, 0.2) is 0 Å². The average molecular weight is 252 g/mol. The predicted octanol–water partition coefficient (Wildman–Crippen LogP) is 3.13. The molecule has 0 aromatic carbocycles. The molecule has 0 radical (unpaired) electrons. The van der Waals surface area contributed by atoms with E-state index in [1.807, 2.05) is 0 Å². The molecule has 3 unspecified atom stereocenters. The fraction of sp³-hybridized carbons (Fsp3) is 1.00. The molecule has 3 atom stereocenters. The summed E-state index contributed by atoms with van der Waals surface area (Å²) in [5, 5.41) is 3.51. The molecule has 1 saturated carbocycles. The largest absolute Gasteiger partial charge is 0.317 e. The molecular formula is C16H32N2. The second kappa shape index (κ2) is 6.91. The van der Waals surface area contributed by atoms with E-state index < -0.39 is 0 Å². The first-order chi connectivity index (χ1) is 8.70. The first kappa shape index (κ1) is 14.3. The lowest BCUT2D eigenvalue weighted by Crippen LogP contribution is -2.47. The quantitative estimate of drug-likeness (QED) is 0.827. The van der Waals surface area contributed by atoms with Crippen LogP contribution >= 0.6 is 0 Å². The van der Waals surface area contributed by atoms with Gasteiger partial charge in [-0.3, -0.25) is 0 Å². The van der Waals surface area contributed by atoms with Gasteiger partial charge in [-0.2, -0.15) is 0 Å². The molecule has 1 heterocycles. The Kier molecular flexibility index (Phi) is 5.50. The Labute approximate surface area is 114 Å². The fourth-order valence-corrected chi connectivity index (χ4v) is 3.85. The average Bonchev–Trinajstić information content (AvgIpc) is 2.40. The minimum Gasteiger partial charge on any atom is -0.317 e. The second-order valence-electron chi connectivity index (χ2n) is 6.75. The van der Waals surface area contributed by atoms with E-state index in [-0.39, 0.29) is 0 Å². The number of nitrogens with zero attached hydrogens (tertiary/aromatic N) is 1. The molecule has 0 amide bonds. The van der Waals surface area contributed by atoms with Gasteiger partial charge in [-0.25, -0.2) is 0 Å². The minimum absolute atomic E-state index is 0.883. The molecule has 2 fully saturated rings. The number of hydrogen-bond acceptors (Lipinski definition) is 2. The van der Waals surface area contributed by atoms with Crippen molar-refractivity contribution in [3.05, 3.63) is 0 Å². The third-order valence-corrected chi connectivity index (χ3v) is 5.22. The van der Waals surface area contributed by atoms with E-state index >= 15 is 0 Å². The van der Waals surface area contributed by atoms with Crippen molar-refractivity contribution in [3.8, 4) is 0 Å². The number of hydrogen-bond donors (Lipinski definition) is 1. The highest BCUT2D eigenvalue weighted by Gasteiger charge is 2.32. The zero-order chi connectivity index (χ0) is 13.0. The molecule has 18 heavy (non-hydrogen) atoms. The Hall–Kier alpha value is -0.0800. The van der Waals surface area contributed by atoms with Crippen LogP contribution in [0.5, 0.6) is 0 Å². The molecule has 2 heteroatoms. The molecule has 0 bridgehead atoms. The number of likely N-dealkylation sites (tertiary alicyclic amines) is 1. The smallest absolute Gasteiger partial charge is 0.0123 e. The van der Waals surface area contributed by atoms with E-state index in [1.54, 1.807) is 0 Å².